The monoisotopic (exact) mass is 331 g/mol. The van der Waals surface area contributed by atoms with Crippen molar-refractivity contribution < 1.29 is 9.31 Å². The van der Waals surface area contributed by atoms with Crippen LogP contribution in [0, 0.1) is 15.9 Å². The Bertz CT molecular complexity index is 717. The highest BCUT2D eigenvalue weighted by atomic mass is 19.1. The van der Waals surface area contributed by atoms with Gasteiger partial charge < -0.3 is 10.2 Å². The quantitative estimate of drug-likeness (QED) is 0.669. The van der Waals surface area contributed by atoms with Crippen LogP contribution in [0.25, 0.3) is 0 Å². The average Bonchev–Trinajstić information content (AvgIpc) is 2.61. The Hall–Kier alpha value is -2.77. The molecule has 0 radical (unpaired) electrons. The van der Waals surface area contributed by atoms with E-state index in [1.54, 1.807) is 12.1 Å². The van der Waals surface area contributed by atoms with E-state index >= 15 is 0 Å². The van der Waals surface area contributed by atoms with Crippen LogP contribution < -0.4 is 10.2 Å². The number of hydrogen-bond donors (Lipinski definition) is 1. The first-order valence-electron chi connectivity index (χ1n) is 7.88. The lowest BCUT2D eigenvalue weighted by molar-refractivity contribution is -0.383. The summed E-state index contributed by atoms with van der Waals surface area (Å²) in [7, 11) is 0. The molecule has 0 spiro atoms. The number of anilines is 2. The predicted molar refractivity (Wildman–Crippen MR) is 88.5 cm³/mol. The van der Waals surface area contributed by atoms with Crippen molar-refractivity contribution in [3.63, 3.8) is 0 Å². The van der Waals surface area contributed by atoms with E-state index in [0.29, 0.717) is 12.4 Å². The Labute approximate surface area is 138 Å². The van der Waals surface area contributed by atoms with Crippen LogP contribution in [-0.2, 0) is 6.54 Å². The van der Waals surface area contributed by atoms with Gasteiger partial charge in [0.15, 0.2) is 0 Å². The maximum absolute atomic E-state index is 12.9. The van der Waals surface area contributed by atoms with E-state index in [1.807, 2.05) is 4.90 Å². The molecule has 8 heteroatoms. The van der Waals surface area contributed by atoms with Gasteiger partial charge in [-0.05, 0) is 37.0 Å². The lowest BCUT2D eigenvalue weighted by Crippen LogP contribution is -2.31. The molecule has 1 aliphatic rings. The zero-order valence-electron chi connectivity index (χ0n) is 13.1. The molecule has 0 unspecified atom stereocenters. The summed E-state index contributed by atoms with van der Waals surface area (Å²) >= 11 is 0. The highest BCUT2D eigenvalue weighted by molar-refractivity contribution is 5.70. The standard InChI is InChI=1S/C16H18FN5O2/c17-13-6-4-12(5-7-13)10-18-15-14(22(23)24)16(20-11-19-15)21-8-2-1-3-9-21/h4-7,11H,1-3,8-10H2,(H,18,19,20). The maximum Gasteiger partial charge on any atom is 0.353 e. The molecule has 0 aliphatic carbocycles. The molecule has 0 bridgehead atoms. The van der Waals surface area contributed by atoms with E-state index in [-0.39, 0.29) is 17.3 Å². The zero-order chi connectivity index (χ0) is 16.9. The third-order valence-electron chi connectivity index (χ3n) is 4.01. The van der Waals surface area contributed by atoms with Gasteiger partial charge in [-0.1, -0.05) is 12.1 Å². The normalized spacial score (nSPS) is 14.5. The SMILES string of the molecule is O=[N+]([O-])c1c(NCc2ccc(F)cc2)ncnc1N1CCCCC1. The molecule has 24 heavy (non-hydrogen) atoms. The summed E-state index contributed by atoms with van der Waals surface area (Å²) in [6.07, 6.45) is 4.47. The third kappa shape index (κ3) is 3.58. The lowest BCUT2D eigenvalue weighted by atomic mass is 10.1. The Morgan fingerprint density at radius 1 is 1.17 bits per heavy atom. The summed E-state index contributed by atoms with van der Waals surface area (Å²) in [6.45, 7) is 1.84. The fraction of sp³-hybridized carbons (Fsp3) is 0.375. The Morgan fingerprint density at radius 2 is 1.88 bits per heavy atom. The van der Waals surface area contributed by atoms with Crippen LogP contribution in [0.1, 0.15) is 24.8 Å². The second-order valence-corrected chi connectivity index (χ2v) is 5.68. The minimum absolute atomic E-state index is 0.110. The van der Waals surface area contributed by atoms with Gasteiger partial charge in [0.2, 0.25) is 11.6 Å². The molecule has 1 aromatic heterocycles. The van der Waals surface area contributed by atoms with Crippen molar-refractivity contribution in [2.75, 3.05) is 23.3 Å². The van der Waals surface area contributed by atoms with Gasteiger partial charge in [0.25, 0.3) is 0 Å². The molecule has 3 rings (SSSR count). The van der Waals surface area contributed by atoms with Crippen LogP contribution in [0.4, 0.5) is 21.7 Å². The number of piperidine rings is 1. The third-order valence-corrected chi connectivity index (χ3v) is 4.01. The highest BCUT2D eigenvalue weighted by Gasteiger charge is 2.27. The van der Waals surface area contributed by atoms with Gasteiger partial charge in [0.1, 0.15) is 12.1 Å². The van der Waals surface area contributed by atoms with E-state index in [2.05, 4.69) is 15.3 Å². The molecule has 1 saturated heterocycles. The molecule has 2 aromatic rings. The van der Waals surface area contributed by atoms with Gasteiger partial charge >= 0.3 is 5.69 Å². The van der Waals surface area contributed by atoms with Crippen molar-refractivity contribution in [3.8, 4) is 0 Å². The molecule has 0 amide bonds. The molecule has 7 nitrogen and oxygen atoms in total. The maximum atomic E-state index is 12.9. The van der Waals surface area contributed by atoms with Crippen LogP contribution in [0.5, 0.6) is 0 Å². The van der Waals surface area contributed by atoms with Gasteiger partial charge in [0.05, 0.1) is 4.92 Å². The van der Waals surface area contributed by atoms with E-state index in [0.717, 1.165) is 37.9 Å². The molecule has 2 heterocycles. The topological polar surface area (TPSA) is 84.2 Å². The molecular formula is C16H18FN5O2. The molecule has 0 atom stereocenters. The van der Waals surface area contributed by atoms with Crippen molar-refractivity contribution >= 4 is 17.3 Å². The van der Waals surface area contributed by atoms with Crippen LogP contribution in [0.2, 0.25) is 0 Å². The number of halogens is 1. The minimum Gasteiger partial charge on any atom is -0.360 e. The highest BCUT2D eigenvalue weighted by Crippen LogP contribution is 2.33. The predicted octanol–water partition coefficient (Wildman–Crippen LogP) is 3.13. The number of rotatable bonds is 5. The Kier molecular flexibility index (Phi) is 4.83. The lowest BCUT2D eigenvalue weighted by Gasteiger charge is -2.27. The number of hydrogen-bond acceptors (Lipinski definition) is 6. The van der Waals surface area contributed by atoms with Crippen LogP contribution in [0.3, 0.4) is 0 Å². The molecule has 1 aliphatic heterocycles. The average molecular weight is 331 g/mol. The number of nitro groups is 1. The van der Waals surface area contributed by atoms with E-state index in [4.69, 9.17) is 0 Å². The molecule has 126 valence electrons. The summed E-state index contributed by atoms with van der Waals surface area (Å²) in [6, 6.07) is 5.96. The largest absolute Gasteiger partial charge is 0.360 e. The first-order chi connectivity index (χ1) is 11.6. The molecule has 1 aromatic carbocycles. The van der Waals surface area contributed by atoms with E-state index < -0.39 is 4.92 Å². The summed E-state index contributed by atoms with van der Waals surface area (Å²) in [4.78, 5) is 21.2. The molecule has 0 saturated carbocycles. The molecular weight excluding hydrogens is 313 g/mol. The van der Waals surface area contributed by atoms with Crippen LogP contribution >= 0.6 is 0 Å². The van der Waals surface area contributed by atoms with Crippen molar-refractivity contribution in [2.24, 2.45) is 0 Å². The number of benzene rings is 1. The summed E-state index contributed by atoms with van der Waals surface area (Å²) in [5.74, 6) is 0.218. The van der Waals surface area contributed by atoms with Gasteiger partial charge in [-0.25, -0.2) is 14.4 Å². The number of nitrogens with zero attached hydrogens (tertiary/aromatic N) is 4. The van der Waals surface area contributed by atoms with E-state index in [9.17, 15) is 14.5 Å². The van der Waals surface area contributed by atoms with E-state index in [1.165, 1.54) is 18.5 Å². The van der Waals surface area contributed by atoms with Crippen LogP contribution in [-0.4, -0.2) is 28.0 Å². The first-order valence-corrected chi connectivity index (χ1v) is 7.88. The Morgan fingerprint density at radius 3 is 2.54 bits per heavy atom. The first kappa shape index (κ1) is 16.1. The van der Waals surface area contributed by atoms with Gasteiger partial charge in [-0.15, -0.1) is 0 Å². The summed E-state index contributed by atoms with van der Waals surface area (Å²) in [5, 5.41) is 14.5. The smallest absolute Gasteiger partial charge is 0.353 e. The van der Waals surface area contributed by atoms with Crippen molar-refractivity contribution in [1.82, 2.24) is 9.97 Å². The van der Waals surface area contributed by atoms with Gasteiger partial charge in [-0.3, -0.25) is 10.1 Å². The number of aromatic nitrogens is 2. The number of nitrogens with one attached hydrogen (secondary N) is 1. The van der Waals surface area contributed by atoms with Gasteiger partial charge in [0, 0.05) is 19.6 Å². The second-order valence-electron chi connectivity index (χ2n) is 5.68. The minimum atomic E-state index is -0.447. The molecule has 1 N–H and O–H groups in total. The Balaban J connectivity index is 1.83. The summed E-state index contributed by atoms with van der Waals surface area (Å²) in [5.41, 5.74) is 0.699. The molecule has 1 fully saturated rings. The van der Waals surface area contributed by atoms with Crippen molar-refractivity contribution in [1.29, 1.82) is 0 Å². The van der Waals surface area contributed by atoms with Gasteiger partial charge in [-0.2, -0.15) is 0 Å². The fourth-order valence-corrected chi connectivity index (χ4v) is 2.79. The van der Waals surface area contributed by atoms with Crippen LogP contribution in [0.15, 0.2) is 30.6 Å². The second kappa shape index (κ2) is 7.20. The van der Waals surface area contributed by atoms with Crippen molar-refractivity contribution in [2.45, 2.75) is 25.8 Å². The summed E-state index contributed by atoms with van der Waals surface area (Å²) < 4.78 is 12.9. The fourth-order valence-electron chi connectivity index (χ4n) is 2.79. The zero-order valence-corrected chi connectivity index (χ0v) is 13.1. The van der Waals surface area contributed by atoms with Crippen molar-refractivity contribution in [3.05, 3.63) is 52.1 Å².